The number of nitrogens with zero attached hydrogens (tertiary/aromatic N) is 1. The Balaban J connectivity index is 1.96. The summed E-state index contributed by atoms with van der Waals surface area (Å²) in [6.45, 7) is 8.51. The van der Waals surface area contributed by atoms with Gasteiger partial charge in [-0.3, -0.25) is 9.78 Å². The number of aliphatic hydroxyl groups is 1. The van der Waals surface area contributed by atoms with Crippen molar-refractivity contribution in [3.05, 3.63) is 65.0 Å². The SMILES string of the molecule is CC(=O)NC(Cc1cc(F)cc(F)c1)[C@H](O)CNCc1cc(CC(C)(C)C)ccn1. The van der Waals surface area contributed by atoms with Crippen molar-refractivity contribution in [1.29, 1.82) is 0 Å². The average molecular weight is 420 g/mol. The maximum Gasteiger partial charge on any atom is 0.217 e. The summed E-state index contributed by atoms with van der Waals surface area (Å²) in [6.07, 6.45) is 1.86. The molecule has 2 atom stereocenters. The van der Waals surface area contributed by atoms with E-state index in [1.807, 2.05) is 12.1 Å². The van der Waals surface area contributed by atoms with Gasteiger partial charge in [-0.05, 0) is 53.6 Å². The summed E-state index contributed by atoms with van der Waals surface area (Å²) < 4.78 is 26.9. The zero-order valence-electron chi connectivity index (χ0n) is 18.0. The number of aromatic nitrogens is 1. The van der Waals surface area contributed by atoms with Crippen LogP contribution in [0.5, 0.6) is 0 Å². The highest BCUT2D eigenvalue weighted by molar-refractivity contribution is 5.73. The quantitative estimate of drug-likeness (QED) is 0.584. The maximum atomic E-state index is 13.5. The van der Waals surface area contributed by atoms with Crippen molar-refractivity contribution in [3.8, 4) is 0 Å². The monoisotopic (exact) mass is 419 g/mol. The van der Waals surface area contributed by atoms with Gasteiger partial charge in [-0.15, -0.1) is 0 Å². The van der Waals surface area contributed by atoms with Gasteiger partial charge < -0.3 is 15.7 Å². The molecule has 2 aromatic rings. The molecule has 2 rings (SSSR count). The van der Waals surface area contributed by atoms with Crippen LogP contribution in [0.1, 0.15) is 44.5 Å². The van der Waals surface area contributed by atoms with Gasteiger partial charge in [0.25, 0.3) is 0 Å². The lowest BCUT2D eigenvalue weighted by Gasteiger charge is -2.24. The van der Waals surface area contributed by atoms with E-state index in [4.69, 9.17) is 0 Å². The minimum absolute atomic E-state index is 0.108. The van der Waals surface area contributed by atoms with Gasteiger partial charge in [0.15, 0.2) is 0 Å². The molecule has 0 aliphatic heterocycles. The smallest absolute Gasteiger partial charge is 0.217 e. The Labute approximate surface area is 176 Å². The summed E-state index contributed by atoms with van der Waals surface area (Å²) in [5.41, 5.74) is 2.58. The van der Waals surface area contributed by atoms with Gasteiger partial charge >= 0.3 is 0 Å². The normalized spacial score (nSPS) is 13.7. The molecular weight excluding hydrogens is 388 g/mol. The number of benzene rings is 1. The molecule has 164 valence electrons. The Morgan fingerprint density at radius 1 is 1.13 bits per heavy atom. The molecule has 1 aromatic heterocycles. The van der Waals surface area contributed by atoms with Crippen molar-refractivity contribution < 1.29 is 18.7 Å². The standard InChI is InChI=1S/C23H31F2N3O2/c1-15(29)28-21(10-17-7-18(24)11-19(25)8-17)22(30)14-26-13-20-9-16(5-6-27-20)12-23(2,3)4/h5-9,11,21-22,26,30H,10,12-14H2,1-4H3,(H,28,29)/t21?,22-/m1/s1. The molecule has 1 heterocycles. The molecule has 3 N–H and O–H groups in total. The summed E-state index contributed by atoms with van der Waals surface area (Å²) in [5, 5.41) is 16.4. The largest absolute Gasteiger partial charge is 0.390 e. The van der Waals surface area contributed by atoms with Crippen LogP contribution in [0.15, 0.2) is 36.5 Å². The molecule has 0 saturated carbocycles. The van der Waals surface area contributed by atoms with Crippen LogP contribution in [0.25, 0.3) is 0 Å². The molecule has 0 fully saturated rings. The number of aliphatic hydroxyl groups excluding tert-OH is 1. The fourth-order valence-electron chi connectivity index (χ4n) is 3.36. The summed E-state index contributed by atoms with van der Waals surface area (Å²) in [4.78, 5) is 15.9. The molecule has 0 saturated heterocycles. The van der Waals surface area contributed by atoms with Gasteiger partial charge in [0.1, 0.15) is 11.6 Å². The average Bonchev–Trinajstić information content (AvgIpc) is 2.58. The molecule has 0 radical (unpaired) electrons. The van der Waals surface area contributed by atoms with Crippen molar-refractivity contribution in [2.45, 2.75) is 59.2 Å². The third-order valence-electron chi connectivity index (χ3n) is 4.51. The summed E-state index contributed by atoms with van der Waals surface area (Å²) in [5.74, 6) is -1.71. The Bertz CT molecular complexity index is 832. The second-order valence-corrected chi connectivity index (χ2v) is 8.88. The van der Waals surface area contributed by atoms with Crippen molar-refractivity contribution in [3.63, 3.8) is 0 Å². The van der Waals surface area contributed by atoms with E-state index in [9.17, 15) is 18.7 Å². The second-order valence-electron chi connectivity index (χ2n) is 8.88. The number of rotatable bonds is 9. The van der Waals surface area contributed by atoms with Gasteiger partial charge in [0.05, 0.1) is 17.8 Å². The molecule has 5 nitrogen and oxygen atoms in total. The van der Waals surface area contributed by atoms with E-state index in [1.54, 1.807) is 6.20 Å². The maximum absolute atomic E-state index is 13.5. The fraction of sp³-hybridized carbons (Fsp3) is 0.478. The van der Waals surface area contributed by atoms with Crippen LogP contribution >= 0.6 is 0 Å². The van der Waals surface area contributed by atoms with E-state index in [2.05, 4.69) is 36.4 Å². The molecular formula is C23H31F2N3O2. The van der Waals surface area contributed by atoms with E-state index in [0.29, 0.717) is 12.1 Å². The third-order valence-corrected chi connectivity index (χ3v) is 4.51. The van der Waals surface area contributed by atoms with Crippen LogP contribution in [0.3, 0.4) is 0 Å². The topological polar surface area (TPSA) is 74.2 Å². The zero-order chi connectivity index (χ0) is 22.3. The lowest BCUT2D eigenvalue weighted by atomic mass is 9.88. The van der Waals surface area contributed by atoms with Gasteiger partial charge in [-0.2, -0.15) is 0 Å². The van der Waals surface area contributed by atoms with Crippen LogP contribution in [-0.2, 0) is 24.2 Å². The van der Waals surface area contributed by atoms with Crippen LogP contribution in [-0.4, -0.2) is 34.7 Å². The van der Waals surface area contributed by atoms with Crippen molar-refractivity contribution >= 4 is 5.91 Å². The third kappa shape index (κ3) is 8.55. The lowest BCUT2D eigenvalue weighted by molar-refractivity contribution is -0.120. The number of hydrogen-bond acceptors (Lipinski definition) is 4. The van der Waals surface area contributed by atoms with Crippen LogP contribution in [0, 0.1) is 17.0 Å². The summed E-state index contributed by atoms with van der Waals surface area (Å²) in [7, 11) is 0. The Morgan fingerprint density at radius 3 is 2.40 bits per heavy atom. The number of hydrogen-bond donors (Lipinski definition) is 3. The fourth-order valence-corrected chi connectivity index (χ4v) is 3.36. The van der Waals surface area contributed by atoms with Crippen LogP contribution < -0.4 is 10.6 Å². The van der Waals surface area contributed by atoms with E-state index in [-0.39, 0.29) is 24.3 Å². The first-order valence-corrected chi connectivity index (χ1v) is 10.1. The highest BCUT2D eigenvalue weighted by Gasteiger charge is 2.21. The molecule has 1 unspecified atom stereocenters. The van der Waals surface area contributed by atoms with Gasteiger partial charge in [0, 0.05) is 32.3 Å². The Kier molecular flexibility index (Phi) is 8.43. The van der Waals surface area contributed by atoms with E-state index >= 15 is 0 Å². The van der Waals surface area contributed by atoms with Gasteiger partial charge in [-0.1, -0.05) is 20.8 Å². The molecule has 0 bridgehead atoms. The Morgan fingerprint density at radius 2 is 1.80 bits per heavy atom. The molecule has 0 spiro atoms. The molecule has 7 heteroatoms. The number of carbonyl (C=O) groups is 1. The van der Waals surface area contributed by atoms with Gasteiger partial charge in [0.2, 0.25) is 5.91 Å². The van der Waals surface area contributed by atoms with Gasteiger partial charge in [-0.25, -0.2) is 8.78 Å². The van der Waals surface area contributed by atoms with Crippen LogP contribution in [0.4, 0.5) is 8.78 Å². The minimum atomic E-state index is -0.946. The van der Waals surface area contributed by atoms with E-state index in [0.717, 1.165) is 18.2 Å². The van der Waals surface area contributed by atoms with Crippen molar-refractivity contribution in [2.75, 3.05) is 6.54 Å². The number of halogens is 2. The van der Waals surface area contributed by atoms with Crippen molar-refractivity contribution in [1.82, 2.24) is 15.6 Å². The number of carbonyl (C=O) groups excluding carboxylic acids is 1. The molecule has 0 aliphatic rings. The predicted molar refractivity (Wildman–Crippen MR) is 113 cm³/mol. The first-order chi connectivity index (χ1) is 14.0. The second kappa shape index (κ2) is 10.6. The Hall–Kier alpha value is -2.38. The number of nitrogens with one attached hydrogen (secondary N) is 2. The first kappa shape index (κ1) is 23.9. The summed E-state index contributed by atoms with van der Waals surface area (Å²) >= 11 is 0. The highest BCUT2D eigenvalue weighted by atomic mass is 19.1. The first-order valence-electron chi connectivity index (χ1n) is 10.1. The number of pyridine rings is 1. The lowest BCUT2D eigenvalue weighted by Crippen LogP contribution is -2.48. The minimum Gasteiger partial charge on any atom is -0.390 e. The highest BCUT2D eigenvalue weighted by Crippen LogP contribution is 2.20. The van der Waals surface area contributed by atoms with E-state index in [1.165, 1.54) is 24.6 Å². The molecule has 1 amide bonds. The molecule has 1 aromatic carbocycles. The van der Waals surface area contributed by atoms with Crippen molar-refractivity contribution in [2.24, 2.45) is 5.41 Å². The molecule has 30 heavy (non-hydrogen) atoms. The predicted octanol–water partition coefficient (Wildman–Crippen LogP) is 3.15. The summed E-state index contributed by atoms with van der Waals surface area (Å²) in [6, 6.07) is 6.53. The number of amides is 1. The van der Waals surface area contributed by atoms with E-state index < -0.39 is 23.8 Å². The zero-order valence-corrected chi connectivity index (χ0v) is 18.0. The van der Waals surface area contributed by atoms with Crippen LogP contribution in [0.2, 0.25) is 0 Å². The molecule has 0 aliphatic carbocycles.